The largest absolute Gasteiger partial charge is 0.331 e. The van der Waals surface area contributed by atoms with Crippen LogP contribution < -0.4 is 5.32 Å². The fourth-order valence-electron chi connectivity index (χ4n) is 3.15. The molecule has 1 aromatic heterocycles. The molecular formula is C17H24N4O. The molecule has 3 rings (SSSR count). The Kier molecular flexibility index (Phi) is 4.05. The second kappa shape index (κ2) is 5.99. The number of hydrogen-bond acceptors (Lipinski definition) is 2. The van der Waals surface area contributed by atoms with Crippen molar-refractivity contribution >= 4 is 17.1 Å². The monoisotopic (exact) mass is 300 g/mol. The number of imidazole rings is 1. The van der Waals surface area contributed by atoms with Crippen LogP contribution >= 0.6 is 0 Å². The number of para-hydroxylation sites is 1. The van der Waals surface area contributed by atoms with E-state index >= 15 is 0 Å². The topological polar surface area (TPSA) is 50.2 Å². The molecule has 0 aliphatic carbocycles. The Morgan fingerprint density at radius 2 is 2.09 bits per heavy atom. The Hall–Kier alpha value is -2.04. The fourth-order valence-corrected chi connectivity index (χ4v) is 3.15. The van der Waals surface area contributed by atoms with Crippen LogP contribution in [0.3, 0.4) is 0 Å². The van der Waals surface area contributed by atoms with Crippen molar-refractivity contribution in [3.63, 3.8) is 0 Å². The summed E-state index contributed by atoms with van der Waals surface area (Å²) in [5.41, 5.74) is 3.33. The molecule has 5 heteroatoms. The van der Waals surface area contributed by atoms with Gasteiger partial charge in [0, 0.05) is 20.1 Å². The summed E-state index contributed by atoms with van der Waals surface area (Å²) in [5.74, 6) is 1.62. The predicted molar refractivity (Wildman–Crippen MR) is 87.7 cm³/mol. The number of likely N-dealkylation sites (tertiary alicyclic amines) is 1. The van der Waals surface area contributed by atoms with Crippen molar-refractivity contribution < 1.29 is 4.79 Å². The van der Waals surface area contributed by atoms with Gasteiger partial charge in [-0.05, 0) is 37.3 Å². The Morgan fingerprint density at radius 3 is 2.77 bits per heavy atom. The van der Waals surface area contributed by atoms with Gasteiger partial charge >= 0.3 is 6.03 Å². The number of aromatic nitrogens is 2. The van der Waals surface area contributed by atoms with Crippen molar-refractivity contribution in [1.82, 2.24) is 19.8 Å². The van der Waals surface area contributed by atoms with Gasteiger partial charge in [-0.2, -0.15) is 0 Å². The molecule has 5 nitrogen and oxygen atoms in total. The molecule has 22 heavy (non-hydrogen) atoms. The lowest BCUT2D eigenvalue weighted by Crippen LogP contribution is -2.44. The summed E-state index contributed by atoms with van der Waals surface area (Å²) >= 11 is 0. The summed E-state index contributed by atoms with van der Waals surface area (Å²) < 4.78 is 2.07. The van der Waals surface area contributed by atoms with E-state index in [1.807, 2.05) is 24.1 Å². The number of nitrogens with zero attached hydrogens (tertiary/aromatic N) is 3. The Morgan fingerprint density at radius 1 is 1.36 bits per heavy atom. The fraction of sp³-hybridized carbons (Fsp3) is 0.529. The average molecular weight is 300 g/mol. The molecular weight excluding hydrogens is 276 g/mol. The first kappa shape index (κ1) is 14.9. The van der Waals surface area contributed by atoms with Crippen molar-refractivity contribution in [2.75, 3.05) is 13.1 Å². The van der Waals surface area contributed by atoms with Crippen LogP contribution in [0.1, 0.15) is 31.2 Å². The number of amides is 2. The zero-order valence-corrected chi connectivity index (χ0v) is 13.6. The molecule has 0 atom stereocenters. The molecule has 118 valence electrons. The summed E-state index contributed by atoms with van der Waals surface area (Å²) in [6.07, 6.45) is 2.19. The Bertz CT molecular complexity index is 683. The number of nitrogens with one attached hydrogen (secondary N) is 1. The SMILES string of the molecule is Cc1cccc2nc(CNC(=O)N3CCC(C)CC3)n(C)c12. The molecule has 2 heterocycles. The van der Waals surface area contributed by atoms with E-state index in [0.29, 0.717) is 6.54 Å². The summed E-state index contributed by atoms with van der Waals surface area (Å²) in [7, 11) is 2.01. The van der Waals surface area contributed by atoms with Crippen LogP contribution in [0.2, 0.25) is 0 Å². The van der Waals surface area contributed by atoms with Gasteiger partial charge in [0.1, 0.15) is 5.82 Å². The van der Waals surface area contributed by atoms with E-state index in [-0.39, 0.29) is 6.03 Å². The van der Waals surface area contributed by atoms with Crippen molar-refractivity contribution in [2.45, 2.75) is 33.2 Å². The van der Waals surface area contributed by atoms with Gasteiger partial charge in [0.25, 0.3) is 0 Å². The quantitative estimate of drug-likeness (QED) is 0.927. The molecule has 1 fully saturated rings. The number of aryl methyl sites for hydroxylation is 2. The van der Waals surface area contributed by atoms with E-state index in [9.17, 15) is 4.79 Å². The van der Waals surface area contributed by atoms with Crippen LogP contribution in [0.25, 0.3) is 11.0 Å². The van der Waals surface area contributed by atoms with Gasteiger partial charge < -0.3 is 14.8 Å². The second-order valence-corrected chi connectivity index (χ2v) is 6.36. The van der Waals surface area contributed by atoms with Crippen LogP contribution in [-0.2, 0) is 13.6 Å². The molecule has 0 spiro atoms. The number of carbonyl (C=O) groups excluding carboxylic acids is 1. The lowest BCUT2D eigenvalue weighted by atomic mass is 10.00. The molecule has 0 saturated carbocycles. The van der Waals surface area contributed by atoms with E-state index in [1.165, 1.54) is 5.56 Å². The molecule has 1 aromatic carbocycles. The highest BCUT2D eigenvalue weighted by Gasteiger charge is 2.20. The van der Waals surface area contributed by atoms with Gasteiger partial charge in [0.05, 0.1) is 17.6 Å². The molecule has 0 unspecified atom stereocenters. The standard InChI is InChI=1S/C17H24N4O/c1-12-7-9-21(10-8-12)17(22)18-11-15-19-14-6-4-5-13(2)16(14)20(15)3/h4-6,12H,7-11H2,1-3H3,(H,18,22). The highest BCUT2D eigenvalue weighted by Crippen LogP contribution is 2.19. The summed E-state index contributed by atoms with van der Waals surface area (Å²) in [6, 6.07) is 6.14. The first-order chi connectivity index (χ1) is 10.6. The lowest BCUT2D eigenvalue weighted by Gasteiger charge is -2.30. The zero-order valence-electron chi connectivity index (χ0n) is 13.6. The van der Waals surface area contributed by atoms with E-state index < -0.39 is 0 Å². The molecule has 1 N–H and O–H groups in total. The number of piperidine rings is 1. The van der Waals surface area contributed by atoms with Crippen molar-refractivity contribution in [3.8, 4) is 0 Å². The van der Waals surface area contributed by atoms with Crippen LogP contribution in [0.4, 0.5) is 4.79 Å². The third-order valence-corrected chi connectivity index (χ3v) is 4.66. The third kappa shape index (κ3) is 2.80. The van der Waals surface area contributed by atoms with Crippen LogP contribution in [0.5, 0.6) is 0 Å². The smallest absolute Gasteiger partial charge is 0.317 e. The molecule has 2 amide bonds. The van der Waals surface area contributed by atoms with Gasteiger partial charge in [-0.25, -0.2) is 9.78 Å². The number of benzene rings is 1. The number of rotatable bonds is 2. The number of urea groups is 1. The minimum atomic E-state index is 0.0238. The van der Waals surface area contributed by atoms with Crippen LogP contribution in [0, 0.1) is 12.8 Å². The Balaban J connectivity index is 1.68. The molecule has 0 bridgehead atoms. The summed E-state index contributed by atoms with van der Waals surface area (Å²) in [5, 5.41) is 3.01. The normalized spacial score (nSPS) is 16.2. The maximum Gasteiger partial charge on any atom is 0.317 e. The first-order valence-corrected chi connectivity index (χ1v) is 8.00. The van der Waals surface area contributed by atoms with E-state index in [1.54, 1.807) is 0 Å². The average Bonchev–Trinajstić information content (AvgIpc) is 2.83. The Labute approximate surface area is 131 Å². The summed E-state index contributed by atoms with van der Waals surface area (Å²) in [6.45, 7) is 6.51. The highest BCUT2D eigenvalue weighted by molar-refractivity contribution is 5.79. The van der Waals surface area contributed by atoms with Gasteiger partial charge in [-0.3, -0.25) is 0 Å². The predicted octanol–water partition coefficient (Wildman–Crippen LogP) is 2.82. The number of hydrogen-bond donors (Lipinski definition) is 1. The second-order valence-electron chi connectivity index (χ2n) is 6.36. The van der Waals surface area contributed by atoms with Crippen molar-refractivity contribution in [2.24, 2.45) is 13.0 Å². The first-order valence-electron chi connectivity index (χ1n) is 8.00. The van der Waals surface area contributed by atoms with E-state index in [4.69, 9.17) is 0 Å². The van der Waals surface area contributed by atoms with Gasteiger partial charge in [-0.15, -0.1) is 0 Å². The lowest BCUT2D eigenvalue weighted by molar-refractivity contribution is 0.173. The minimum absolute atomic E-state index is 0.0238. The minimum Gasteiger partial charge on any atom is -0.331 e. The van der Waals surface area contributed by atoms with Gasteiger partial charge in [-0.1, -0.05) is 19.1 Å². The summed E-state index contributed by atoms with van der Waals surface area (Å²) in [4.78, 5) is 18.8. The van der Waals surface area contributed by atoms with E-state index in [0.717, 1.165) is 48.7 Å². The maximum atomic E-state index is 12.2. The molecule has 2 aromatic rings. The highest BCUT2D eigenvalue weighted by atomic mass is 16.2. The molecule has 0 radical (unpaired) electrons. The van der Waals surface area contributed by atoms with Crippen LogP contribution in [-0.4, -0.2) is 33.6 Å². The number of carbonyl (C=O) groups is 1. The van der Waals surface area contributed by atoms with Crippen molar-refractivity contribution in [1.29, 1.82) is 0 Å². The van der Waals surface area contributed by atoms with Gasteiger partial charge in [0.2, 0.25) is 0 Å². The molecule has 1 aliphatic heterocycles. The van der Waals surface area contributed by atoms with Crippen molar-refractivity contribution in [3.05, 3.63) is 29.6 Å². The van der Waals surface area contributed by atoms with Crippen LogP contribution in [0.15, 0.2) is 18.2 Å². The van der Waals surface area contributed by atoms with Gasteiger partial charge in [0.15, 0.2) is 0 Å². The third-order valence-electron chi connectivity index (χ3n) is 4.66. The number of fused-ring (bicyclic) bond motifs is 1. The molecule has 1 saturated heterocycles. The maximum absolute atomic E-state index is 12.2. The molecule has 1 aliphatic rings. The van der Waals surface area contributed by atoms with E-state index in [2.05, 4.69) is 34.8 Å². The zero-order chi connectivity index (χ0) is 15.7.